The van der Waals surface area contributed by atoms with E-state index < -0.39 is 31.6 Å². The summed E-state index contributed by atoms with van der Waals surface area (Å²) in [7, 11) is -4.26. The lowest BCUT2D eigenvalue weighted by Crippen LogP contribution is -2.19. The van der Waals surface area contributed by atoms with E-state index in [0.29, 0.717) is 4.90 Å². The van der Waals surface area contributed by atoms with Crippen LogP contribution in [0.2, 0.25) is 5.02 Å². The molecule has 3 aromatic carbocycles. The normalized spacial score (nSPS) is 11.1. The summed E-state index contributed by atoms with van der Waals surface area (Å²) < 4.78 is 41.4. The van der Waals surface area contributed by atoms with Crippen molar-refractivity contribution in [2.75, 3.05) is 15.8 Å². The molecule has 3 aromatic rings. The zero-order valence-corrected chi connectivity index (χ0v) is 18.5. The third-order valence-electron chi connectivity index (χ3n) is 4.04. The number of carbonyl (C=O) groups excluding carboxylic acids is 1. The molecule has 0 fully saturated rings. The molecule has 32 heavy (non-hydrogen) atoms. The number of amides is 1. The Kier molecular flexibility index (Phi) is 7.33. The standard InChI is InChI=1S/C20H15ClFN3O5S2/c21-13-5-10-17(24-32(29,30)19-4-2-1-3-16(19)22)18(11-13)23-20(26)12-31-15-8-6-14(7-9-15)25(27)28/h1-11,24H,12H2,(H,23,26). The van der Waals surface area contributed by atoms with Gasteiger partial charge in [0, 0.05) is 22.1 Å². The van der Waals surface area contributed by atoms with Gasteiger partial charge in [-0.15, -0.1) is 11.8 Å². The Morgan fingerprint density at radius 2 is 1.75 bits per heavy atom. The van der Waals surface area contributed by atoms with E-state index in [1.807, 2.05) is 0 Å². The molecule has 0 unspecified atom stereocenters. The Morgan fingerprint density at radius 1 is 1.06 bits per heavy atom. The lowest BCUT2D eigenvalue weighted by molar-refractivity contribution is -0.384. The molecule has 12 heteroatoms. The SMILES string of the molecule is O=C(CSc1ccc([N+](=O)[O-])cc1)Nc1cc(Cl)ccc1NS(=O)(=O)c1ccccc1F. The second-order valence-corrected chi connectivity index (χ2v) is 9.45. The molecule has 166 valence electrons. The Balaban J connectivity index is 1.73. The van der Waals surface area contributed by atoms with Crippen LogP contribution < -0.4 is 10.0 Å². The van der Waals surface area contributed by atoms with Gasteiger partial charge in [0.05, 0.1) is 22.1 Å². The molecule has 0 saturated carbocycles. The van der Waals surface area contributed by atoms with E-state index in [9.17, 15) is 27.7 Å². The number of halogens is 2. The summed E-state index contributed by atoms with van der Waals surface area (Å²) in [5.41, 5.74) is 0.0301. The van der Waals surface area contributed by atoms with E-state index in [2.05, 4.69) is 10.0 Å². The van der Waals surface area contributed by atoms with Gasteiger partial charge in [0.2, 0.25) is 5.91 Å². The second-order valence-electron chi connectivity index (χ2n) is 6.31. The van der Waals surface area contributed by atoms with Gasteiger partial charge in [-0.25, -0.2) is 12.8 Å². The first kappa shape index (κ1) is 23.5. The minimum atomic E-state index is -4.26. The van der Waals surface area contributed by atoms with Crippen molar-refractivity contribution in [3.63, 3.8) is 0 Å². The number of non-ortho nitro benzene ring substituents is 1. The van der Waals surface area contributed by atoms with Gasteiger partial charge in [0.1, 0.15) is 10.7 Å². The van der Waals surface area contributed by atoms with Crippen LogP contribution in [0.1, 0.15) is 0 Å². The molecule has 0 aliphatic carbocycles. The average Bonchev–Trinajstić information content (AvgIpc) is 2.74. The number of nitro benzene ring substituents is 1. The molecule has 0 saturated heterocycles. The maximum absolute atomic E-state index is 13.9. The van der Waals surface area contributed by atoms with Crippen molar-refractivity contribution < 1.29 is 22.5 Å². The van der Waals surface area contributed by atoms with Crippen LogP contribution in [0.3, 0.4) is 0 Å². The van der Waals surface area contributed by atoms with Crippen molar-refractivity contribution in [1.29, 1.82) is 0 Å². The lowest BCUT2D eigenvalue weighted by atomic mass is 10.2. The zero-order valence-electron chi connectivity index (χ0n) is 16.1. The van der Waals surface area contributed by atoms with Crippen molar-refractivity contribution >= 4 is 56.4 Å². The lowest BCUT2D eigenvalue weighted by Gasteiger charge is -2.14. The van der Waals surface area contributed by atoms with Crippen LogP contribution in [-0.2, 0) is 14.8 Å². The van der Waals surface area contributed by atoms with Crippen LogP contribution >= 0.6 is 23.4 Å². The molecule has 2 N–H and O–H groups in total. The minimum Gasteiger partial charge on any atom is -0.323 e. The van der Waals surface area contributed by atoms with Crippen LogP contribution in [0.5, 0.6) is 0 Å². The van der Waals surface area contributed by atoms with Crippen molar-refractivity contribution in [2.24, 2.45) is 0 Å². The van der Waals surface area contributed by atoms with Gasteiger partial charge in [0.25, 0.3) is 15.7 Å². The van der Waals surface area contributed by atoms with E-state index in [1.165, 1.54) is 54.6 Å². The third-order valence-corrected chi connectivity index (χ3v) is 6.69. The van der Waals surface area contributed by atoms with Gasteiger partial charge in [-0.2, -0.15) is 0 Å². The number of carbonyl (C=O) groups is 1. The molecule has 0 aliphatic heterocycles. The number of nitrogens with one attached hydrogen (secondary N) is 2. The monoisotopic (exact) mass is 495 g/mol. The summed E-state index contributed by atoms with van der Waals surface area (Å²) in [6.45, 7) is 0. The molecule has 0 spiro atoms. The van der Waals surface area contributed by atoms with E-state index in [-0.39, 0.29) is 27.8 Å². The van der Waals surface area contributed by atoms with Crippen molar-refractivity contribution in [2.45, 2.75) is 9.79 Å². The number of sulfonamides is 1. The summed E-state index contributed by atoms with van der Waals surface area (Å²) in [6.07, 6.45) is 0. The number of hydrogen-bond acceptors (Lipinski definition) is 6. The van der Waals surface area contributed by atoms with E-state index in [1.54, 1.807) is 0 Å². The van der Waals surface area contributed by atoms with Gasteiger partial charge in [0.15, 0.2) is 0 Å². The van der Waals surface area contributed by atoms with Crippen LogP contribution in [0.25, 0.3) is 0 Å². The Bertz CT molecular complexity index is 1270. The van der Waals surface area contributed by atoms with Crippen LogP contribution in [0.4, 0.5) is 21.5 Å². The van der Waals surface area contributed by atoms with Gasteiger partial charge in [-0.3, -0.25) is 19.6 Å². The molecule has 3 rings (SSSR count). The van der Waals surface area contributed by atoms with Gasteiger partial charge in [-0.1, -0.05) is 23.7 Å². The third kappa shape index (κ3) is 5.96. The highest BCUT2D eigenvalue weighted by Crippen LogP contribution is 2.29. The first-order chi connectivity index (χ1) is 15.2. The molecule has 0 bridgehead atoms. The molecule has 0 radical (unpaired) electrons. The summed E-state index contributed by atoms with van der Waals surface area (Å²) in [4.78, 5) is 22.7. The number of thioether (sulfide) groups is 1. The highest BCUT2D eigenvalue weighted by atomic mass is 35.5. The fourth-order valence-electron chi connectivity index (χ4n) is 2.57. The summed E-state index contributed by atoms with van der Waals surface area (Å²) in [6, 6.07) is 14.7. The van der Waals surface area contributed by atoms with Crippen molar-refractivity contribution in [3.05, 3.63) is 87.7 Å². The van der Waals surface area contributed by atoms with E-state index in [4.69, 9.17) is 11.6 Å². The fraction of sp³-hybridized carbons (Fsp3) is 0.0500. The smallest absolute Gasteiger partial charge is 0.269 e. The minimum absolute atomic E-state index is 0.00587. The maximum atomic E-state index is 13.9. The molecular formula is C20H15ClFN3O5S2. The molecule has 0 atom stereocenters. The molecule has 8 nitrogen and oxygen atoms in total. The van der Waals surface area contributed by atoms with E-state index >= 15 is 0 Å². The summed E-state index contributed by atoms with van der Waals surface area (Å²) >= 11 is 7.11. The van der Waals surface area contributed by atoms with Gasteiger partial charge in [-0.05, 0) is 42.5 Å². The topological polar surface area (TPSA) is 118 Å². The molecule has 0 aliphatic rings. The highest BCUT2D eigenvalue weighted by molar-refractivity contribution is 8.00. The number of anilines is 2. The van der Waals surface area contributed by atoms with Crippen molar-refractivity contribution in [3.8, 4) is 0 Å². The second kappa shape index (κ2) is 9.98. The number of nitrogens with zero attached hydrogens (tertiary/aromatic N) is 1. The molecule has 1 amide bonds. The number of hydrogen-bond donors (Lipinski definition) is 2. The zero-order chi connectivity index (χ0) is 23.3. The quantitative estimate of drug-likeness (QED) is 0.260. The predicted molar refractivity (Wildman–Crippen MR) is 121 cm³/mol. The van der Waals surface area contributed by atoms with E-state index in [0.717, 1.165) is 23.9 Å². The molecule has 0 aromatic heterocycles. The van der Waals surface area contributed by atoms with Crippen LogP contribution in [0.15, 0.2) is 76.5 Å². The Morgan fingerprint density at radius 3 is 2.41 bits per heavy atom. The van der Waals surface area contributed by atoms with Crippen LogP contribution in [-0.4, -0.2) is 25.0 Å². The Hall–Kier alpha value is -3.15. The molecular weight excluding hydrogens is 481 g/mol. The largest absolute Gasteiger partial charge is 0.323 e. The number of rotatable bonds is 8. The predicted octanol–water partition coefficient (Wildman–Crippen LogP) is 4.92. The fourth-order valence-corrected chi connectivity index (χ4v) is 4.60. The maximum Gasteiger partial charge on any atom is 0.269 e. The molecule has 0 heterocycles. The first-order valence-corrected chi connectivity index (χ1v) is 11.7. The first-order valence-electron chi connectivity index (χ1n) is 8.90. The van der Waals surface area contributed by atoms with Crippen LogP contribution in [0, 0.1) is 15.9 Å². The summed E-state index contributed by atoms with van der Waals surface area (Å²) in [5, 5.41) is 13.5. The van der Waals surface area contributed by atoms with Gasteiger partial charge >= 0.3 is 0 Å². The highest BCUT2D eigenvalue weighted by Gasteiger charge is 2.20. The van der Waals surface area contributed by atoms with Gasteiger partial charge < -0.3 is 5.32 Å². The average molecular weight is 496 g/mol. The number of benzene rings is 3. The summed E-state index contributed by atoms with van der Waals surface area (Å²) in [5.74, 6) is -1.44. The number of nitro groups is 1. The van der Waals surface area contributed by atoms with Crippen molar-refractivity contribution in [1.82, 2.24) is 0 Å². The Labute approximate surface area is 192 Å².